The monoisotopic (exact) mass is 593 g/mol. The van der Waals surface area contributed by atoms with Crippen LogP contribution in [0.4, 0.5) is 29.6 Å². The molecule has 4 rings (SSSR count). The number of nitrogens with zero attached hydrogens (tertiary/aromatic N) is 3. The van der Waals surface area contributed by atoms with Gasteiger partial charge in [0.05, 0.1) is 17.9 Å². The molecule has 0 radical (unpaired) electrons. The van der Waals surface area contributed by atoms with Gasteiger partial charge in [-0.3, -0.25) is 15.4 Å². The molecule has 1 aliphatic heterocycles. The van der Waals surface area contributed by atoms with Gasteiger partial charge >= 0.3 is 12.5 Å². The van der Waals surface area contributed by atoms with Crippen LogP contribution in [0.2, 0.25) is 0 Å². The molecular weight excluding hydrogens is 563 g/mol. The van der Waals surface area contributed by atoms with Crippen molar-refractivity contribution in [2.24, 2.45) is 0 Å². The first-order valence-corrected chi connectivity index (χ1v) is 12.9. The van der Waals surface area contributed by atoms with Gasteiger partial charge in [0.1, 0.15) is 11.9 Å². The Morgan fingerprint density at radius 2 is 1.69 bits per heavy atom. The molecule has 1 aliphatic rings. The highest BCUT2D eigenvalue weighted by Crippen LogP contribution is 2.28. The van der Waals surface area contributed by atoms with Gasteiger partial charge in [-0.25, -0.2) is 4.79 Å². The van der Waals surface area contributed by atoms with Crippen molar-refractivity contribution in [3.8, 4) is 22.8 Å². The van der Waals surface area contributed by atoms with E-state index < -0.39 is 30.6 Å². The van der Waals surface area contributed by atoms with Crippen LogP contribution in [0.25, 0.3) is 17.1 Å². The highest BCUT2D eigenvalue weighted by molar-refractivity contribution is 5.89. The number of carbonyl (C=O) groups excluding carboxylic acids is 2. The van der Waals surface area contributed by atoms with Crippen molar-refractivity contribution in [2.75, 3.05) is 24.9 Å². The van der Waals surface area contributed by atoms with E-state index in [0.717, 1.165) is 12.1 Å². The second kappa shape index (κ2) is 13.2. The number of hydrogen-bond acceptors (Lipinski definition) is 9. The Hall–Kier alpha value is -4.21. The lowest BCUT2D eigenvalue weighted by molar-refractivity contribution is -0.274. The molecule has 15 heteroatoms. The zero-order valence-electron chi connectivity index (χ0n) is 23.2. The van der Waals surface area contributed by atoms with Gasteiger partial charge in [-0.05, 0) is 55.5 Å². The third-order valence-electron chi connectivity index (χ3n) is 6.35. The van der Waals surface area contributed by atoms with E-state index in [-0.39, 0.29) is 36.3 Å². The smallest absolute Gasteiger partial charge is 0.416 e. The quantitative estimate of drug-likeness (QED) is 0.355. The lowest BCUT2D eigenvalue weighted by atomic mass is 10.0. The minimum Gasteiger partial charge on any atom is -0.416 e. The molecule has 0 saturated carbocycles. The number of halogens is 3. The SMILES string of the molecule is CCC(=O)Nc1nc(-c2ccc(NC(=O)O[C@@H]3O[C@@H](C)[C@H](OC)C[C@H]3OC)cc2)nn1-c1ccc(OC(F)(F)F)cc1. The molecule has 0 bridgehead atoms. The molecule has 1 saturated heterocycles. The average molecular weight is 594 g/mol. The van der Waals surface area contributed by atoms with Crippen molar-refractivity contribution in [3.63, 3.8) is 0 Å². The Morgan fingerprint density at radius 1 is 1.02 bits per heavy atom. The third kappa shape index (κ3) is 7.74. The number of aromatic nitrogens is 3. The van der Waals surface area contributed by atoms with E-state index >= 15 is 0 Å². The van der Waals surface area contributed by atoms with Gasteiger partial charge < -0.3 is 23.7 Å². The third-order valence-corrected chi connectivity index (χ3v) is 6.35. The Balaban J connectivity index is 1.48. The highest BCUT2D eigenvalue weighted by atomic mass is 19.4. The number of nitrogens with one attached hydrogen (secondary N) is 2. The van der Waals surface area contributed by atoms with Crippen LogP contribution in [0, 0.1) is 0 Å². The molecule has 42 heavy (non-hydrogen) atoms. The zero-order chi connectivity index (χ0) is 30.4. The largest absolute Gasteiger partial charge is 0.573 e. The molecular formula is C27H30F3N5O7. The number of ether oxygens (including phenoxy) is 5. The van der Waals surface area contributed by atoms with Crippen LogP contribution in [0.1, 0.15) is 26.7 Å². The summed E-state index contributed by atoms with van der Waals surface area (Å²) in [6.07, 6.45) is -6.84. The summed E-state index contributed by atoms with van der Waals surface area (Å²) in [7, 11) is 3.07. The summed E-state index contributed by atoms with van der Waals surface area (Å²) in [5.41, 5.74) is 1.28. The Morgan fingerprint density at radius 3 is 2.29 bits per heavy atom. The highest BCUT2D eigenvalue weighted by Gasteiger charge is 2.38. The molecule has 2 heterocycles. The fourth-order valence-corrected chi connectivity index (χ4v) is 4.17. The maximum atomic E-state index is 12.6. The number of anilines is 2. The number of hydrogen-bond donors (Lipinski definition) is 2. The normalized spacial score (nSPS) is 20.5. The first-order chi connectivity index (χ1) is 20.0. The van der Waals surface area contributed by atoms with Crippen LogP contribution < -0.4 is 15.4 Å². The number of alkyl halides is 3. The summed E-state index contributed by atoms with van der Waals surface area (Å²) in [6.45, 7) is 3.47. The van der Waals surface area contributed by atoms with Gasteiger partial charge in [0.15, 0.2) is 5.82 Å². The maximum Gasteiger partial charge on any atom is 0.573 e. The first kappa shape index (κ1) is 30.7. The molecule has 12 nitrogen and oxygen atoms in total. The maximum absolute atomic E-state index is 12.6. The minimum absolute atomic E-state index is 0.0669. The predicted molar refractivity (Wildman–Crippen MR) is 143 cm³/mol. The lowest BCUT2D eigenvalue weighted by Crippen LogP contribution is -2.49. The zero-order valence-corrected chi connectivity index (χ0v) is 23.2. The molecule has 3 aromatic rings. The molecule has 226 valence electrons. The van der Waals surface area contributed by atoms with Gasteiger partial charge in [-0.2, -0.15) is 9.67 Å². The lowest BCUT2D eigenvalue weighted by Gasteiger charge is -2.37. The molecule has 0 unspecified atom stereocenters. The van der Waals surface area contributed by atoms with Crippen molar-refractivity contribution < 1.29 is 46.4 Å². The molecule has 4 atom stereocenters. The fourth-order valence-electron chi connectivity index (χ4n) is 4.17. The van der Waals surface area contributed by atoms with E-state index in [0.29, 0.717) is 23.4 Å². The van der Waals surface area contributed by atoms with Crippen molar-refractivity contribution >= 4 is 23.6 Å². The van der Waals surface area contributed by atoms with Crippen LogP contribution in [-0.2, 0) is 23.7 Å². The minimum atomic E-state index is -4.83. The van der Waals surface area contributed by atoms with Crippen molar-refractivity contribution in [1.82, 2.24) is 14.8 Å². The summed E-state index contributed by atoms with van der Waals surface area (Å²) in [4.78, 5) is 29.0. The van der Waals surface area contributed by atoms with E-state index in [1.807, 2.05) is 6.92 Å². The van der Waals surface area contributed by atoms with Crippen LogP contribution in [0.5, 0.6) is 5.75 Å². The van der Waals surface area contributed by atoms with Crippen LogP contribution in [0.3, 0.4) is 0 Å². The van der Waals surface area contributed by atoms with Crippen molar-refractivity contribution in [2.45, 2.75) is 57.7 Å². The fraction of sp³-hybridized carbons (Fsp3) is 0.407. The van der Waals surface area contributed by atoms with Gasteiger partial charge in [-0.1, -0.05) is 6.92 Å². The summed E-state index contributed by atoms with van der Waals surface area (Å²) < 4.78 is 64.8. The summed E-state index contributed by atoms with van der Waals surface area (Å²) in [5.74, 6) is -0.465. The Labute approximate surface area is 239 Å². The standard InChI is InChI=1S/C27H30F3N5O7/c1-5-22(36)32-25-33-23(34-35(25)18-10-12-19(13-11-18)42-27(28,29)30)16-6-8-17(9-7-16)31-26(37)41-24-21(39-4)14-20(38-3)15(2)40-24/h6-13,15,20-21,24H,5,14H2,1-4H3,(H,31,37)(H,32,33,34,36)/t15-,20+,21+,24-/m0/s1. The van der Waals surface area contributed by atoms with Gasteiger partial charge in [-0.15, -0.1) is 18.3 Å². The number of rotatable bonds is 9. The molecule has 1 aromatic heterocycles. The molecule has 2 amide bonds. The number of methoxy groups -OCH3 is 2. The second-order valence-electron chi connectivity index (χ2n) is 9.22. The second-order valence-corrected chi connectivity index (χ2v) is 9.22. The van der Waals surface area contributed by atoms with E-state index in [9.17, 15) is 22.8 Å². The first-order valence-electron chi connectivity index (χ1n) is 12.9. The molecule has 0 aliphatic carbocycles. The Kier molecular flexibility index (Phi) is 9.65. The molecule has 2 aromatic carbocycles. The Bertz CT molecular complexity index is 1370. The number of benzene rings is 2. The number of carbonyl (C=O) groups is 2. The van der Waals surface area contributed by atoms with Gasteiger partial charge in [0, 0.05) is 38.3 Å². The number of amides is 2. The van der Waals surface area contributed by atoms with E-state index in [2.05, 4.69) is 25.5 Å². The topological polar surface area (TPSA) is 135 Å². The van der Waals surface area contributed by atoms with E-state index in [1.54, 1.807) is 38.3 Å². The van der Waals surface area contributed by atoms with Gasteiger partial charge in [0.25, 0.3) is 0 Å². The van der Waals surface area contributed by atoms with Crippen LogP contribution in [-0.4, -0.2) is 71.9 Å². The summed E-state index contributed by atoms with van der Waals surface area (Å²) in [5, 5.41) is 9.68. The molecule has 0 spiro atoms. The predicted octanol–water partition coefficient (Wildman–Crippen LogP) is 4.89. The molecule has 2 N–H and O–H groups in total. The van der Waals surface area contributed by atoms with Crippen LogP contribution in [0.15, 0.2) is 48.5 Å². The summed E-state index contributed by atoms with van der Waals surface area (Å²) in [6, 6.07) is 11.4. The summed E-state index contributed by atoms with van der Waals surface area (Å²) >= 11 is 0. The molecule has 1 fully saturated rings. The van der Waals surface area contributed by atoms with Crippen molar-refractivity contribution in [1.29, 1.82) is 0 Å². The van der Waals surface area contributed by atoms with E-state index in [4.69, 9.17) is 18.9 Å². The van der Waals surface area contributed by atoms with Crippen molar-refractivity contribution in [3.05, 3.63) is 48.5 Å². The van der Waals surface area contributed by atoms with Crippen LogP contribution >= 0.6 is 0 Å². The van der Waals surface area contributed by atoms with E-state index in [1.165, 1.54) is 23.9 Å². The van der Waals surface area contributed by atoms with Gasteiger partial charge in [0.2, 0.25) is 18.1 Å². The average Bonchev–Trinajstić information content (AvgIpc) is 3.36.